The van der Waals surface area contributed by atoms with Gasteiger partial charge < -0.3 is 18.9 Å². The van der Waals surface area contributed by atoms with Gasteiger partial charge in [0.1, 0.15) is 11.7 Å². The van der Waals surface area contributed by atoms with Gasteiger partial charge in [0, 0.05) is 13.8 Å². The number of alkyl halides is 2. The largest absolute Gasteiger partial charge is 0.456 e. The van der Waals surface area contributed by atoms with Crippen LogP contribution in [0.3, 0.4) is 0 Å². The van der Waals surface area contributed by atoms with Crippen LogP contribution in [0.1, 0.15) is 30.5 Å². The molecular formula is C29H28F2O6. The minimum Gasteiger partial charge on any atom is -0.456 e. The van der Waals surface area contributed by atoms with Gasteiger partial charge in [0.05, 0.1) is 6.61 Å². The van der Waals surface area contributed by atoms with Gasteiger partial charge in [-0.2, -0.15) is 0 Å². The molecule has 1 aliphatic heterocycles. The Labute approximate surface area is 214 Å². The minimum atomic E-state index is -2.41. The second-order valence-electron chi connectivity index (χ2n) is 8.71. The minimum absolute atomic E-state index is 0.318. The number of esters is 2. The molecular weight excluding hydrogens is 482 g/mol. The van der Waals surface area contributed by atoms with Crippen molar-refractivity contribution in [2.75, 3.05) is 6.61 Å². The zero-order valence-corrected chi connectivity index (χ0v) is 20.5. The van der Waals surface area contributed by atoms with Gasteiger partial charge in [-0.1, -0.05) is 91.0 Å². The lowest BCUT2D eigenvalue weighted by Crippen LogP contribution is -2.59. The third-order valence-electron chi connectivity index (χ3n) is 6.17. The van der Waals surface area contributed by atoms with Crippen LogP contribution in [-0.2, 0) is 34.1 Å². The van der Waals surface area contributed by atoms with Crippen LogP contribution in [0.4, 0.5) is 8.78 Å². The van der Waals surface area contributed by atoms with E-state index in [1.54, 1.807) is 0 Å². The number of hydrogen-bond donors (Lipinski definition) is 0. The molecule has 0 aromatic heterocycles. The Hall–Kier alpha value is -3.62. The van der Waals surface area contributed by atoms with Crippen LogP contribution in [0.25, 0.3) is 0 Å². The third-order valence-corrected chi connectivity index (χ3v) is 6.17. The highest BCUT2D eigenvalue weighted by Crippen LogP contribution is 2.41. The molecule has 0 bridgehead atoms. The molecule has 0 N–H and O–H groups in total. The molecule has 0 spiro atoms. The highest BCUT2D eigenvalue weighted by atomic mass is 19.2. The predicted molar refractivity (Wildman–Crippen MR) is 131 cm³/mol. The predicted octanol–water partition coefficient (Wildman–Crippen LogP) is 4.89. The first kappa shape index (κ1) is 26.4. The summed E-state index contributed by atoms with van der Waals surface area (Å²) < 4.78 is 51.6. The monoisotopic (exact) mass is 510 g/mol. The second-order valence-corrected chi connectivity index (χ2v) is 8.71. The maximum absolute atomic E-state index is 14.7. The van der Waals surface area contributed by atoms with Gasteiger partial charge >= 0.3 is 11.9 Å². The van der Waals surface area contributed by atoms with Crippen LogP contribution in [0.5, 0.6) is 0 Å². The highest BCUT2D eigenvalue weighted by Gasteiger charge is 2.52. The number of ether oxygens (including phenoxy) is 4. The molecule has 194 valence electrons. The normalized spacial score (nSPS) is 23.7. The van der Waals surface area contributed by atoms with E-state index in [2.05, 4.69) is 0 Å². The summed E-state index contributed by atoms with van der Waals surface area (Å²) in [6.07, 6.45) is -9.15. The molecule has 6 nitrogen and oxygen atoms in total. The van der Waals surface area contributed by atoms with Crippen molar-refractivity contribution in [1.29, 1.82) is 0 Å². The molecule has 1 fully saturated rings. The Morgan fingerprint density at radius 1 is 0.730 bits per heavy atom. The molecule has 8 heteroatoms. The van der Waals surface area contributed by atoms with E-state index in [0.717, 1.165) is 30.5 Å². The Morgan fingerprint density at radius 3 is 1.54 bits per heavy atom. The van der Waals surface area contributed by atoms with Crippen molar-refractivity contribution in [3.8, 4) is 0 Å². The summed E-state index contributed by atoms with van der Waals surface area (Å²) in [6, 6.07) is 28.3. The van der Waals surface area contributed by atoms with Crippen LogP contribution in [0.2, 0.25) is 0 Å². The molecule has 37 heavy (non-hydrogen) atoms. The smallest absolute Gasteiger partial charge is 0.303 e. The van der Waals surface area contributed by atoms with E-state index in [0.29, 0.717) is 0 Å². The first-order valence-electron chi connectivity index (χ1n) is 11.9. The molecule has 3 aromatic rings. The van der Waals surface area contributed by atoms with Crippen molar-refractivity contribution in [2.24, 2.45) is 0 Å². The lowest BCUT2D eigenvalue weighted by atomic mass is 9.80. The first-order chi connectivity index (χ1) is 17.8. The number of carbonyl (C=O) groups excluding carboxylic acids is 2. The first-order valence-corrected chi connectivity index (χ1v) is 11.9. The summed E-state index contributed by atoms with van der Waals surface area (Å²) in [5.74, 6) is -1.61. The average molecular weight is 511 g/mol. The zero-order chi connectivity index (χ0) is 26.4. The van der Waals surface area contributed by atoms with Crippen molar-refractivity contribution in [1.82, 2.24) is 0 Å². The van der Waals surface area contributed by atoms with Crippen molar-refractivity contribution >= 4 is 11.9 Å². The maximum atomic E-state index is 14.7. The summed E-state index contributed by atoms with van der Waals surface area (Å²) in [5.41, 5.74) is 1.17. The van der Waals surface area contributed by atoms with Gasteiger partial charge in [-0.3, -0.25) is 9.59 Å². The van der Waals surface area contributed by atoms with Crippen molar-refractivity contribution in [3.63, 3.8) is 0 Å². The van der Waals surface area contributed by atoms with Crippen LogP contribution >= 0.6 is 0 Å². The van der Waals surface area contributed by atoms with E-state index in [4.69, 9.17) is 18.9 Å². The van der Waals surface area contributed by atoms with Gasteiger partial charge in [0.2, 0.25) is 6.36 Å². The van der Waals surface area contributed by atoms with Crippen molar-refractivity contribution < 1.29 is 37.3 Å². The molecule has 1 aliphatic rings. The van der Waals surface area contributed by atoms with Gasteiger partial charge in [-0.25, -0.2) is 8.78 Å². The maximum Gasteiger partial charge on any atom is 0.303 e. The molecule has 4 rings (SSSR count). The molecule has 0 radical (unpaired) electrons. The third kappa shape index (κ3) is 5.70. The Morgan fingerprint density at radius 2 is 1.14 bits per heavy atom. The topological polar surface area (TPSA) is 71.1 Å². The molecule has 0 saturated carbocycles. The molecule has 1 saturated heterocycles. The quantitative estimate of drug-likeness (QED) is 0.318. The van der Waals surface area contributed by atoms with Gasteiger partial charge in [0.15, 0.2) is 18.4 Å². The van der Waals surface area contributed by atoms with E-state index in [-0.39, 0.29) is 6.61 Å². The lowest BCUT2D eigenvalue weighted by molar-refractivity contribution is -0.264. The lowest BCUT2D eigenvalue weighted by Gasteiger charge is -2.42. The molecule has 5 atom stereocenters. The van der Waals surface area contributed by atoms with Gasteiger partial charge in [0.25, 0.3) is 0 Å². The Bertz CT molecular complexity index is 1080. The van der Waals surface area contributed by atoms with Gasteiger partial charge in [-0.15, -0.1) is 0 Å². The van der Waals surface area contributed by atoms with E-state index in [9.17, 15) is 18.4 Å². The molecule has 0 amide bonds. The second kappa shape index (κ2) is 11.6. The van der Waals surface area contributed by atoms with Crippen molar-refractivity contribution in [2.45, 2.75) is 50.3 Å². The van der Waals surface area contributed by atoms with Crippen LogP contribution in [0, 0.1) is 0 Å². The van der Waals surface area contributed by atoms with Crippen molar-refractivity contribution in [3.05, 3.63) is 108 Å². The Balaban J connectivity index is 1.78. The fourth-order valence-corrected chi connectivity index (χ4v) is 4.63. The van der Waals surface area contributed by atoms with E-state index in [1.165, 1.54) is 0 Å². The zero-order valence-electron chi connectivity index (χ0n) is 20.5. The summed E-state index contributed by atoms with van der Waals surface area (Å²) in [5, 5.41) is 0. The summed E-state index contributed by atoms with van der Waals surface area (Å²) in [4.78, 5) is 23.5. The average Bonchev–Trinajstić information content (AvgIpc) is 2.90. The van der Waals surface area contributed by atoms with E-state index >= 15 is 0 Å². The fourth-order valence-electron chi connectivity index (χ4n) is 4.63. The molecule has 0 aliphatic carbocycles. The number of carbonyl (C=O) groups is 2. The molecule has 0 unspecified atom stereocenters. The summed E-state index contributed by atoms with van der Waals surface area (Å²) in [6.45, 7) is 1.87. The number of rotatable bonds is 8. The summed E-state index contributed by atoms with van der Waals surface area (Å²) >= 11 is 0. The number of benzene rings is 3. The number of halogens is 2. The van der Waals surface area contributed by atoms with E-state index in [1.807, 2.05) is 91.0 Å². The SMILES string of the molecule is CC(=O)O[C@@H]1[C@@H](F)[C@H](F)O[C@H](COC(c2ccccc2)(c2ccccc2)c2ccccc2)[C@H]1OC(C)=O. The standard InChI is InChI=1S/C29H28F2O6/c1-19(32)35-26-24(37-28(31)25(30)27(26)36-20(2)33)18-34-29(21-12-6-3-7-13-21,22-14-8-4-9-15-22)23-16-10-5-11-17-23/h3-17,24-28H,18H2,1-2H3/t24-,25-,26-,27-,28-/m1/s1. The fraction of sp³-hybridized carbons (Fsp3) is 0.310. The van der Waals surface area contributed by atoms with Crippen LogP contribution in [0.15, 0.2) is 91.0 Å². The van der Waals surface area contributed by atoms with E-state index < -0.39 is 48.4 Å². The van der Waals surface area contributed by atoms with Gasteiger partial charge in [-0.05, 0) is 16.7 Å². The Kier molecular flexibility index (Phi) is 8.31. The number of hydrogen-bond acceptors (Lipinski definition) is 6. The highest BCUT2D eigenvalue weighted by molar-refractivity contribution is 5.67. The van der Waals surface area contributed by atoms with Crippen LogP contribution in [-0.4, -0.2) is 49.4 Å². The van der Waals surface area contributed by atoms with Crippen LogP contribution < -0.4 is 0 Å². The summed E-state index contributed by atoms with van der Waals surface area (Å²) in [7, 11) is 0. The molecule has 3 aromatic carbocycles. The molecule has 1 heterocycles.